The largest absolute Gasteiger partial charge is 0.454 e. The maximum atomic E-state index is 12.4. The average Bonchev–Trinajstić information content (AvgIpc) is 3.44. The van der Waals surface area contributed by atoms with Gasteiger partial charge in [-0.2, -0.15) is 5.10 Å². The molecule has 0 unspecified atom stereocenters. The van der Waals surface area contributed by atoms with E-state index in [0.717, 1.165) is 29.4 Å². The first kappa shape index (κ1) is 23.2. The maximum Gasteiger partial charge on any atom is 0.410 e. The number of hydrogen-bond donors (Lipinski definition) is 1. The van der Waals surface area contributed by atoms with Gasteiger partial charge in [0.15, 0.2) is 5.76 Å². The van der Waals surface area contributed by atoms with Crippen LogP contribution in [0.15, 0.2) is 53.3 Å². The highest BCUT2D eigenvalue weighted by atomic mass is 35.5. The lowest BCUT2D eigenvalue weighted by molar-refractivity contribution is 0.0185. The molecule has 1 aliphatic heterocycles. The normalized spacial score (nSPS) is 15.0. The Morgan fingerprint density at radius 3 is 2.63 bits per heavy atom. The first-order valence-corrected chi connectivity index (χ1v) is 12.0. The van der Waals surface area contributed by atoms with Gasteiger partial charge in [0, 0.05) is 42.0 Å². The number of fused-ring (bicyclic) bond motifs is 1. The van der Waals surface area contributed by atoms with Crippen molar-refractivity contribution in [3.8, 4) is 22.5 Å². The zero-order valence-corrected chi connectivity index (χ0v) is 20.7. The molecule has 5 rings (SSSR count). The van der Waals surface area contributed by atoms with E-state index in [1.165, 1.54) is 0 Å². The van der Waals surface area contributed by atoms with Crippen molar-refractivity contribution in [2.24, 2.45) is 0 Å². The molecule has 35 heavy (non-hydrogen) atoms. The van der Waals surface area contributed by atoms with Crippen LogP contribution in [0.3, 0.4) is 0 Å². The molecule has 1 saturated heterocycles. The number of piperidine rings is 1. The van der Waals surface area contributed by atoms with E-state index in [-0.39, 0.29) is 12.1 Å². The molecular formula is C26H28ClN5O3. The van der Waals surface area contributed by atoms with Gasteiger partial charge < -0.3 is 19.8 Å². The van der Waals surface area contributed by atoms with Gasteiger partial charge in [0.1, 0.15) is 17.0 Å². The third-order valence-corrected chi connectivity index (χ3v) is 6.50. The number of rotatable bonds is 3. The number of aromatic nitrogens is 3. The number of nitrogen functional groups attached to an aromatic ring is 1. The number of pyridine rings is 1. The second kappa shape index (κ2) is 8.92. The van der Waals surface area contributed by atoms with Gasteiger partial charge in [0.05, 0.1) is 22.8 Å². The molecule has 0 aliphatic carbocycles. The molecule has 8 nitrogen and oxygen atoms in total. The molecule has 0 bridgehead atoms. The van der Waals surface area contributed by atoms with Gasteiger partial charge in [0.2, 0.25) is 0 Å². The van der Waals surface area contributed by atoms with E-state index in [1.54, 1.807) is 11.1 Å². The summed E-state index contributed by atoms with van der Waals surface area (Å²) >= 11 is 6.61. The fraction of sp³-hybridized carbons (Fsp3) is 0.346. The van der Waals surface area contributed by atoms with Crippen LogP contribution in [0.2, 0.25) is 5.02 Å². The second-order valence-electron chi connectivity index (χ2n) is 9.81. The van der Waals surface area contributed by atoms with Crippen molar-refractivity contribution < 1.29 is 13.9 Å². The number of carbonyl (C=O) groups is 1. The van der Waals surface area contributed by atoms with Gasteiger partial charge >= 0.3 is 6.09 Å². The van der Waals surface area contributed by atoms with Gasteiger partial charge in [-0.1, -0.05) is 23.7 Å². The number of ether oxygens (including phenoxy) is 1. The predicted molar refractivity (Wildman–Crippen MR) is 136 cm³/mol. The lowest BCUT2D eigenvalue weighted by atomic mass is 10.1. The van der Waals surface area contributed by atoms with Crippen molar-refractivity contribution in [1.29, 1.82) is 0 Å². The Bertz CT molecular complexity index is 1380. The van der Waals surface area contributed by atoms with Crippen molar-refractivity contribution in [1.82, 2.24) is 19.7 Å². The molecule has 0 spiro atoms. The molecule has 0 atom stereocenters. The van der Waals surface area contributed by atoms with Crippen LogP contribution in [-0.2, 0) is 4.74 Å². The van der Waals surface area contributed by atoms with Crippen LogP contribution in [0.25, 0.3) is 33.4 Å². The van der Waals surface area contributed by atoms with Crippen molar-refractivity contribution >= 4 is 34.5 Å². The van der Waals surface area contributed by atoms with Crippen LogP contribution in [0.4, 0.5) is 10.6 Å². The molecule has 1 aromatic carbocycles. The summed E-state index contributed by atoms with van der Waals surface area (Å²) in [6.45, 7) is 6.90. The molecule has 1 aliphatic rings. The minimum atomic E-state index is -0.497. The number of carbonyl (C=O) groups excluding carboxylic acids is 1. The van der Waals surface area contributed by atoms with E-state index >= 15 is 0 Å². The Labute approximate surface area is 208 Å². The van der Waals surface area contributed by atoms with E-state index in [1.807, 2.05) is 68.2 Å². The fourth-order valence-electron chi connectivity index (χ4n) is 4.33. The van der Waals surface area contributed by atoms with E-state index in [9.17, 15) is 4.79 Å². The highest BCUT2D eigenvalue weighted by Crippen LogP contribution is 2.40. The third-order valence-electron chi connectivity index (χ3n) is 6.12. The summed E-state index contributed by atoms with van der Waals surface area (Å²) in [6.07, 6.45) is 6.90. The summed E-state index contributed by atoms with van der Waals surface area (Å²) in [4.78, 5) is 18.5. The van der Waals surface area contributed by atoms with Crippen molar-refractivity contribution in [3.63, 3.8) is 0 Å². The lowest BCUT2D eigenvalue weighted by Gasteiger charge is -2.33. The molecule has 1 fully saturated rings. The summed E-state index contributed by atoms with van der Waals surface area (Å²) < 4.78 is 13.5. The number of hydrogen-bond acceptors (Lipinski definition) is 6. The van der Waals surface area contributed by atoms with E-state index in [2.05, 4.69) is 10.1 Å². The van der Waals surface area contributed by atoms with E-state index < -0.39 is 5.60 Å². The summed E-state index contributed by atoms with van der Waals surface area (Å²) in [5, 5.41) is 5.94. The lowest BCUT2D eigenvalue weighted by Crippen LogP contribution is -2.42. The van der Waals surface area contributed by atoms with Crippen LogP contribution >= 0.6 is 11.6 Å². The number of nitrogens with two attached hydrogens (primary N) is 1. The number of halogens is 1. The standard InChI is InChI=1S/C26H28ClN5O3/c1-26(2,3)35-25(33)31-10-8-18(9-11-31)32-15-17(14-30-32)16-12-20(24(28)29-13-16)23-22(27)19-6-4-5-7-21(19)34-23/h4-7,12-15,18H,8-11H2,1-3H3,(H2,28,29). The molecule has 1 amide bonds. The summed E-state index contributed by atoms with van der Waals surface area (Å²) in [5.74, 6) is 0.846. The van der Waals surface area contributed by atoms with Gasteiger partial charge in [-0.3, -0.25) is 4.68 Å². The molecule has 0 radical (unpaired) electrons. The molecule has 182 valence electrons. The molecule has 9 heteroatoms. The van der Waals surface area contributed by atoms with Gasteiger partial charge in [0.25, 0.3) is 0 Å². The molecule has 4 aromatic rings. The average molecular weight is 494 g/mol. The Morgan fingerprint density at radius 1 is 1.17 bits per heavy atom. The minimum absolute atomic E-state index is 0.202. The van der Waals surface area contributed by atoms with Crippen LogP contribution in [0.1, 0.15) is 39.7 Å². The Hall–Kier alpha value is -3.52. The van der Waals surface area contributed by atoms with Crippen LogP contribution in [-0.4, -0.2) is 44.4 Å². The molecule has 4 heterocycles. The first-order valence-electron chi connectivity index (χ1n) is 11.6. The zero-order chi connectivity index (χ0) is 24.7. The van der Waals surface area contributed by atoms with Gasteiger partial charge in [-0.15, -0.1) is 0 Å². The van der Waals surface area contributed by atoms with Crippen LogP contribution in [0.5, 0.6) is 0 Å². The number of nitrogens with zero attached hydrogens (tertiary/aromatic N) is 4. The number of likely N-dealkylation sites (tertiary alicyclic amines) is 1. The van der Waals surface area contributed by atoms with Crippen LogP contribution in [0, 0.1) is 0 Å². The number of anilines is 1. The SMILES string of the molecule is CC(C)(C)OC(=O)N1CCC(n2cc(-c3cnc(N)c(-c4oc5ccccc5c4Cl)c3)cn2)CC1. The quantitative estimate of drug-likeness (QED) is 0.366. The van der Waals surface area contributed by atoms with Crippen molar-refractivity contribution in [3.05, 3.63) is 53.9 Å². The third kappa shape index (κ3) is 4.71. The minimum Gasteiger partial charge on any atom is -0.454 e. The van der Waals surface area contributed by atoms with E-state index in [4.69, 9.17) is 26.5 Å². The Kier molecular flexibility index (Phi) is 5.92. The highest BCUT2D eigenvalue weighted by molar-refractivity contribution is 6.38. The smallest absolute Gasteiger partial charge is 0.410 e. The molecule has 0 saturated carbocycles. The zero-order valence-electron chi connectivity index (χ0n) is 20.0. The second-order valence-corrected chi connectivity index (χ2v) is 10.2. The molecule has 2 N–H and O–H groups in total. The fourth-order valence-corrected chi connectivity index (χ4v) is 4.63. The van der Waals surface area contributed by atoms with Gasteiger partial charge in [-0.25, -0.2) is 9.78 Å². The monoisotopic (exact) mass is 493 g/mol. The number of para-hydroxylation sites is 1. The van der Waals surface area contributed by atoms with Gasteiger partial charge in [-0.05, 0) is 51.8 Å². The molecular weight excluding hydrogens is 466 g/mol. The first-order chi connectivity index (χ1) is 16.7. The maximum absolute atomic E-state index is 12.4. The summed E-state index contributed by atoms with van der Waals surface area (Å²) in [7, 11) is 0. The number of benzene rings is 1. The number of amides is 1. The van der Waals surface area contributed by atoms with E-state index in [0.29, 0.717) is 40.8 Å². The van der Waals surface area contributed by atoms with Crippen molar-refractivity contribution in [2.75, 3.05) is 18.8 Å². The summed E-state index contributed by atoms with van der Waals surface area (Å²) in [5.41, 5.74) is 8.82. The molecule has 3 aromatic heterocycles. The predicted octanol–water partition coefficient (Wildman–Crippen LogP) is 6.17. The topological polar surface area (TPSA) is 99.4 Å². The summed E-state index contributed by atoms with van der Waals surface area (Å²) in [6, 6.07) is 9.73. The highest BCUT2D eigenvalue weighted by Gasteiger charge is 2.28. The van der Waals surface area contributed by atoms with Crippen molar-refractivity contribution in [2.45, 2.75) is 45.3 Å². The Morgan fingerprint density at radius 2 is 1.91 bits per heavy atom. The number of furan rings is 1. The Balaban J connectivity index is 1.34. The van der Waals surface area contributed by atoms with Crippen LogP contribution < -0.4 is 5.73 Å².